The Morgan fingerprint density at radius 1 is 1.26 bits per heavy atom. The third-order valence-electron chi connectivity index (χ3n) is 7.54. The highest BCUT2D eigenvalue weighted by atomic mass is 16.5. The summed E-state index contributed by atoms with van der Waals surface area (Å²) in [6, 6.07) is 12.9. The molecule has 2 aliphatic heterocycles. The molecule has 2 N–H and O–H groups in total. The fraction of sp³-hybridized carbons (Fsp3) is 0.370. The quantitative estimate of drug-likeness (QED) is 0.443. The summed E-state index contributed by atoms with van der Waals surface area (Å²) >= 11 is 0. The van der Waals surface area contributed by atoms with Crippen molar-refractivity contribution < 1.29 is 19.2 Å². The Bertz CT molecular complexity index is 1360. The summed E-state index contributed by atoms with van der Waals surface area (Å²) in [5, 5.41) is 17.9. The number of likely N-dealkylation sites (tertiary alicyclic amines) is 1. The molecule has 4 atom stereocenters. The summed E-state index contributed by atoms with van der Waals surface area (Å²) in [7, 11) is 2.68. The van der Waals surface area contributed by atoms with Crippen molar-refractivity contribution in [2.45, 2.75) is 50.8 Å². The molecule has 4 heterocycles. The van der Waals surface area contributed by atoms with E-state index in [4.69, 9.17) is 4.52 Å². The number of hydrogen-bond acceptors (Lipinski definition) is 7. The third kappa shape index (κ3) is 4.67. The van der Waals surface area contributed by atoms with Gasteiger partial charge in [-0.3, -0.25) is 14.6 Å². The number of aliphatic hydroxyl groups excluding tert-OH is 1. The van der Waals surface area contributed by atoms with Gasteiger partial charge >= 0.3 is 0 Å². The Morgan fingerprint density at radius 3 is 2.66 bits per heavy atom. The number of aliphatic hydroxyl groups is 1. The Labute approximate surface area is 223 Å². The van der Waals surface area contributed by atoms with Crippen LogP contribution in [0.5, 0.6) is 0 Å². The van der Waals surface area contributed by atoms with E-state index in [1.54, 1.807) is 24.2 Å². The van der Waals surface area contributed by atoms with Gasteiger partial charge in [0.1, 0.15) is 30.2 Å². The minimum atomic E-state index is -1.08. The molecule has 2 aromatic heterocycles. The molecule has 2 unspecified atom stereocenters. The number of aliphatic imine (C=N–C) groups is 1. The Balaban J connectivity index is 1.38. The lowest BCUT2D eigenvalue weighted by atomic mass is 9.53. The highest BCUT2D eigenvalue weighted by molar-refractivity contribution is 6.97. The van der Waals surface area contributed by atoms with Crippen LogP contribution in [0.15, 0.2) is 64.4 Å². The Kier molecular flexibility index (Phi) is 6.96. The molecular formula is C27H31B2N5O4. The molecule has 1 aromatic carbocycles. The average Bonchev–Trinajstić information content (AvgIpc) is 3.62. The average molecular weight is 511 g/mol. The van der Waals surface area contributed by atoms with Crippen molar-refractivity contribution in [3.8, 4) is 11.1 Å². The zero-order valence-corrected chi connectivity index (χ0v) is 22.1. The maximum atomic E-state index is 13.8. The van der Waals surface area contributed by atoms with Crippen LogP contribution in [0.3, 0.4) is 0 Å². The van der Waals surface area contributed by atoms with E-state index in [9.17, 15) is 14.7 Å². The van der Waals surface area contributed by atoms with Gasteiger partial charge in [0.15, 0.2) is 0 Å². The molecule has 38 heavy (non-hydrogen) atoms. The molecule has 0 radical (unpaired) electrons. The van der Waals surface area contributed by atoms with Gasteiger partial charge in [-0.1, -0.05) is 49.3 Å². The number of nitrogens with one attached hydrogen (secondary N) is 1. The highest BCUT2D eigenvalue weighted by Gasteiger charge is 2.48. The molecule has 0 saturated carbocycles. The number of benzene rings is 1. The number of carbonyl (C=O) groups is 2. The van der Waals surface area contributed by atoms with Crippen LogP contribution in [0, 0.1) is 5.92 Å². The number of amidine groups is 1. The van der Waals surface area contributed by atoms with E-state index in [2.05, 4.69) is 20.4 Å². The molecule has 5 rings (SSSR count). The van der Waals surface area contributed by atoms with Gasteiger partial charge in [-0.2, -0.15) is 4.99 Å². The molecule has 2 aliphatic rings. The number of aromatic nitrogens is 2. The first-order valence-electron chi connectivity index (χ1n) is 13.1. The first kappa shape index (κ1) is 25.9. The van der Waals surface area contributed by atoms with Gasteiger partial charge < -0.3 is 19.8 Å². The van der Waals surface area contributed by atoms with Crippen molar-refractivity contribution in [1.82, 2.24) is 20.4 Å². The van der Waals surface area contributed by atoms with E-state index >= 15 is 0 Å². The van der Waals surface area contributed by atoms with Gasteiger partial charge in [0, 0.05) is 31.0 Å². The number of carbonyl (C=O) groups excluding carboxylic acids is 2. The van der Waals surface area contributed by atoms with E-state index in [0.717, 1.165) is 22.3 Å². The molecule has 194 valence electrons. The topological polar surface area (TPSA) is 121 Å². The Hall–Kier alpha value is -3.72. The van der Waals surface area contributed by atoms with Gasteiger partial charge in [0.2, 0.25) is 5.91 Å². The highest BCUT2D eigenvalue weighted by Crippen LogP contribution is 2.34. The molecule has 9 nitrogen and oxygen atoms in total. The summed E-state index contributed by atoms with van der Waals surface area (Å²) < 4.78 is 5.53. The van der Waals surface area contributed by atoms with Crippen LogP contribution in [0.2, 0.25) is 0 Å². The zero-order valence-electron chi connectivity index (χ0n) is 22.1. The van der Waals surface area contributed by atoms with Crippen LogP contribution < -0.4 is 10.9 Å². The summed E-state index contributed by atoms with van der Waals surface area (Å²) in [6.45, 7) is 5.87. The van der Waals surface area contributed by atoms with Gasteiger partial charge in [-0.05, 0) is 41.7 Å². The standard InChI is InChI=1S/C27H31B2N5O4/c1-15(2)23(21-12-22(29-28)33-38-21)25(36)34-14-19(35)11-20(34)24-31-26(37)27(3,32-24)18-8-6-16(7-9-18)17-5-4-10-30-13-17/h4-10,12-13,15,19-20,23,29,35H,11,14,28H2,1-3H3,(H,31,32,37)/t19-,20?,23?,27+/m1/s1. The number of nitrogens with zero attached hydrogens (tertiary/aromatic N) is 4. The molecule has 11 heteroatoms. The molecular weight excluding hydrogens is 480 g/mol. The number of β-amino-alcohol motifs (C(OH)–C–C–N with tert-alkyl or cyclic N) is 1. The molecule has 0 bridgehead atoms. The van der Waals surface area contributed by atoms with Crippen molar-refractivity contribution in [2.24, 2.45) is 10.9 Å². The normalized spacial score (nSPS) is 23.9. The van der Waals surface area contributed by atoms with Crippen molar-refractivity contribution in [1.29, 1.82) is 0 Å². The molecule has 0 spiro atoms. The summed E-state index contributed by atoms with van der Waals surface area (Å²) in [4.78, 5) is 37.2. The lowest BCUT2D eigenvalue weighted by molar-refractivity contribution is -0.134. The van der Waals surface area contributed by atoms with Crippen LogP contribution >= 0.6 is 0 Å². The Morgan fingerprint density at radius 2 is 2.03 bits per heavy atom. The minimum absolute atomic E-state index is 0.0535. The fourth-order valence-electron chi connectivity index (χ4n) is 5.31. The predicted octanol–water partition coefficient (Wildman–Crippen LogP) is 0.492. The maximum Gasteiger partial charge on any atom is 0.277 e. The van der Waals surface area contributed by atoms with E-state index in [0.29, 0.717) is 25.2 Å². The van der Waals surface area contributed by atoms with Gasteiger partial charge in [-0.25, -0.2) is 0 Å². The minimum Gasteiger partial charge on any atom is -0.391 e. The summed E-state index contributed by atoms with van der Waals surface area (Å²) in [5.41, 5.74) is 2.45. The summed E-state index contributed by atoms with van der Waals surface area (Å²) in [6.07, 6.45) is 3.09. The second-order valence-electron chi connectivity index (χ2n) is 10.6. The molecule has 2 amide bonds. The first-order valence-corrected chi connectivity index (χ1v) is 13.1. The van der Waals surface area contributed by atoms with E-state index in [1.807, 2.05) is 64.0 Å². The SMILES string of the molecule is BBc1cc(C(C(=O)N2C[C@H](O)CC2C2=NC(=O)[C@](C)(c3ccc(-c4cccnc4)cc3)N2)C(C)C)on1. The number of rotatable bonds is 7. The number of amides is 2. The predicted molar refractivity (Wildman–Crippen MR) is 148 cm³/mol. The molecule has 1 saturated heterocycles. The van der Waals surface area contributed by atoms with E-state index < -0.39 is 23.6 Å². The van der Waals surface area contributed by atoms with Crippen molar-refractivity contribution in [3.63, 3.8) is 0 Å². The van der Waals surface area contributed by atoms with Crippen LogP contribution in [-0.2, 0) is 15.1 Å². The number of hydrogen-bond donors (Lipinski definition) is 2. The number of pyridine rings is 1. The maximum absolute atomic E-state index is 13.8. The lowest BCUT2D eigenvalue weighted by Gasteiger charge is -2.31. The van der Waals surface area contributed by atoms with Crippen LogP contribution in [0.1, 0.15) is 44.4 Å². The van der Waals surface area contributed by atoms with Gasteiger partial charge in [0.25, 0.3) is 5.91 Å². The lowest BCUT2D eigenvalue weighted by Crippen LogP contribution is -2.51. The van der Waals surface area contributed by atoms with Crippen LogP contribution in [0.4, 0.5) is 0 Å². The molecule has 3 aromatic rings. The summed E-state index contributed by atoms with van der Waals surface area (Å²) in [5.74, 6) is -0.210. The first-order chi connectivity index (χ1) is 18.2. The monoisotopic (exact) mass is 511 g/mol. The second-order valence-corrected chi connectivity index (χ2v) is 10.6. The third-order valence-corrected chi connectivity index (χ3v) is 7.54. The van der Waals surface area contributed by atoms with Crippen molar-refractivity contribution in [2.75, 3.05) is 6.54 Å². The second kappa shape index (κ2) is 10.2. The zero-order chi connectivity index (χ0) is 27.0. The van der Waals surface area contributed by atoms with Gasteiger partial charge in [0.05, 0.1) is 19.9 Å². The van der Waals surface area contributed by atoms with Crippen LogP contribution in [-0.4, -0.2) is 71.4 Å². The van der Waals surface area contributed by atoms with Crippen LogP contribution in [0.25, 0.3) is 11.1 Å². The van der Waals surface area contributed by atoms with Gasteiger partial charge in [-0.15, -0.1) is 0 Å². The molecule has 1 fully saturated rings. The molecule has 0 aliphatic carbocycles. The van der Waals surface area contributed by atoms with Crippen molar-refractivity contribution >= 4 is 38.2 Å². The van der Waals surface area contributed by atoms with E-state index in [1.165, 1.54) is 0 Å². The fourth-order valence-corrected chi connectivity index (χ4v) is 5.31. The van der Waals surface area contributed by atoms with Crippen molar-refractivity contribution in [3.05, 3.63) is 66.2 Å². The smallest absolute Gasteiger partial charge is 0.277 e. The largest absolute Gasteiger partial charge is 0.391 e. The van der Waals surface area contributed by atoms with E-state index in [-0.39, 0.29) is 24.3 Å².